The van der Waals surface area contributed by atoms with Crippen molar-refractivity contribution in [2.75, 3.05) is 5.75 Å². The van der Waals surface area contributed by atoms with E-state index in [-0.39, 0.29) is 0 Å². The lowest BCUT2D eigenvalue weighted by Crippen LogP contribution is -2.29. The molecular formula is C12H16O2S. The molecule has 0 amide bonds. The Bertz CT molecular complexity index is 362. The lowest BCUT2D eigenvalue weighted by molar-refractivity contribution is -0.139. The van der Waals surface area contributed by atoms with Crippen LogP contribution in [0.5, 0.6) is 0 Å². The Kier molecular flexibility index (Phi) is 3.80. The molecule has 82 valence electrons. The molecule has 0 bridgehead atoms. The predicted molar refractivity (Wildman–Crippen MR) is 64.3 cm³/mol. The molecule has 0 aliphatic rings. The van der Waals surface area contributed by atoms with Gasteiger partial charge in [-0.25, -0.2) is 0 Å². The SMILES string of the molecule is CCSC(C)(C(=O)O)c1cccc(C)c1. The van der Waals surface area contributed by atoms with E-state index in [1.807, 2.05) is 38.1 Å². The van der Waals surface area contributed by atoms with Gasteiger partial charge in [-0.3, -0.25) is 4.79 Å². The number of benzene rings is 1. The van der Waals surface area contributed by atoms with Gasteiger partial charge in [0.2, 0.25) is 0 Å². The highest BCUT2D eigenvalue weighted by atomic mass is 32.2. The van der Waals surface area contributed by atoms with Crippen molar-refractivity contribution < 1.29 is 9.90 Å². The smallest absolute Gasteiger partial charge is 0.324 e. The van der Waals surface area contributed by atoms with E-state index in [2.05, 4.69) is 0 Å². The highest BCUT2D eigenvalue weighted by molar-refractivity contribution is 8.00. The van der Waals surface area contributed by atoms with Gasteiger partial charge in [0, 0.05) is 0 Å². The third-order valence-corrected chi connectivity index (χ3v) is 3.69. The third kappa shape index (κ3) is 2.53. The molecule has 0 radical (unpaired) electrons. The van der Waals surface area contributed by atoms with E-state index in [1.165, 1.54) is 11.8 Å². The van der Waals surface area contributed by atoms with Crippen LogP contribution in [0, 0.1) is 6.92 Å². The summed E-state index contributed by atoms with van der Waals surface area (Å²) < 4.78 is -0.833. The number of aryl methyl sites for hydroxylation is 1. The molecule has 1 N–H and O–H groups in total. The van der Waals surface area contributed by atoms with E-state index in [1.54, 1.807) is 6.92 Å². The molecule has 2 nitrogen and oxygen atoms in total. The summed E-state index contributed by atoms with van der Waals surface area (Å²) in [6, 6.07) is 7.70. The van der Waals surface area contributed by atoms with Crippen LogP contribution in [0.4, 0.5) is 0 Å². The molecule has 0 saturated heterocycles. The number of carboxylic acids is 1. The van der Waals surface area contributed by atoms with Gasteiger partial charge in [-0.05, 0) is 25.2 Å². The highest BCUT2D eigenvalue weighted by Gasteiger charge is 2.35. The van der Waals surface area contributed by atoms with Crippen molar-refractivity contribution in [1.29, 1.82) is 0 Å². The normalized spacial score (nSPS) is 14.6. The maximum absolute atomic E-state index is 11.3. The first-order valence-corrected chi connectivity index (χ1v) is 5.93. The second-order valence-electron chi connectivity index (χ2n) is 3.64. The van der Waals surface area contributed by atoms with Gasteiger partial charge in [-0.2, -0.15) is 0 Å². The maximum Gasteiger partial charge on any atom is 0.324 e. The fourth-order valence-corrected chi connectivity index (χ4v) is 2.49. The lowest BCUT2D eigenvalue weighted by Gasteiger charge is -2.24. The van der Waals surface area contributed by atoms with E-state index in [0.29, 0.717) is 0 Å². The summed E-state index contributed by atoms with van der Waals surface area (Å²) in [5.41, 5.74) is 1.96. The van der Waals surface area contributed by atoms with E-state index in [0.717, 1.165) is 16.9 Å². The van der Waals surface area contributed by atoms with Crippen LogP contribution >= 0.6 is 11.8 Å². The van der Waals surface area contributed by atoms with Crippen molar-refractivity contribution in [1.82, 2.24) is 0 Å². The van der Waals surface area contributed by atoms with Gasteiger partial charge in [0.05, 0.1) is 0 Å². The highest BCUT2D eigenvalue weighted by Crippen LogP contribution is 2.36. The molecule has 0 heterocycles. The van der Waals surface area contributed by atoms with Crippen molar-refractivity contribution in [2.24, 2.45) is 0 Å². The van der Waals surface area contributed by atoms with Crippen LogP contribution < -0.4 is 0 Å². The van der Waals surface area contributed by atoms with Gasteiger partial charge in [-0.15, -0.1) is 11.8 Å². The maximum atomic E-state index is 11.3. The number of aliphatic carboxylic acids is 1. The second kappa shape index (κ2) is 4.71. The molecule has 0 aromatic heterocycles. The molecule has 0 saturated carbocycles. The van der Waals surface area contributed by atoms with Gasteiger partial charge >= 0.3 is 5.97 Å². The Hall–Kier alpha value is -0.960. The minimum absolute atomic E-state index is 0.778. The lowest BCUT2D eigenvalue weighted by atomic mass is 9.99. The monoisotopic (exact) mass is 224 g/mol. The van der Waals surface area contributed by atoms with Crippen molar-refractivity contribution in [3.63, 3.8) is 0 Å². The first-order valence-electron chi connectivity index (χ1n) is 4.95. The van der Waals surface area contributed by atoms with Crippen LogP contribution in [0.3, 0.4) is 0 Å². The quantitative estimate of drug-likeness (QED) is 0.854. The summed E-state index contributed by atoms with van der Waals surface area (Å²) in [5.74, 6) is 0.0106. The van der Waals surface area contributed by atoms with Crippen LogP contribution in [0.2, 0.25) is 0 Å². The standard InChI is InChI=1S/C12H16O2S/c1-4-15-12(3,11(13)14)10-7-5-6-9(2)8-10/h5-8H,4H2,1-3H3,(H,13,14). The Labute approximate surface area is 94.7 Å². The largest absolute Gasteiger partial charge is 0.480 e. The van der Waals surface area contributed by atoms with Crippen molar-refractivity contribution in [3.8, 4) is 0 Å². The minimum atomic E-state index is -0.833. The molecule has 0 spiro atoms. The number of hydrogen-bond donors (Lipinski definition) is 1. The molecule has 3 heteroatoms. The molecule has 15 heavy (non-hydrogen) atoms. The summed E-state index contributed by atoms with van der Waals surface area (Å²) in [6.07, 6.45) is 0. The summed E-state index contributed by atoms with van der Waals surface area (Å²) in [4.78, 5) is 11.3. The zero-order valence-electron chi connectivity index (χ0n) is 9.28. The van der Waals surface area contributed by atoms with Crippen molar-refractivity contribution >= 4 is 17.7 Å². The van der Waals surface area contributed by atoms with Crippen LogP contribution in [-0.2, 0) is 9.54 Å². The molecule has 1 atom stereocenters. The van der Waals surface area contributed by atoms with Crippen LogP contribution in [0.25, 0.3) is 0 Å². The number of thioether (sulfide) groups is 1. The molecule has 1 aromatic carbocycles. The molecule has 1 unspecified atom stereocenters. The minimum Gasteiger partial charge on any atom is -0.480 e. The van der Waals surface area contributed by atoms with E-state index in [4.69, 9.17) is 0 Å². The molecular weight excluding hydrogens is 208 g/mol. The second-order valence-corrected chi connectivity index (χ2v) is 5.32. The van der Waals surface area contributed by atoms with Gasteiger partial charge in [0.15, 0.2) is 0 Å². The van der Waals surface area contributed by atoms with Crippen molar-refractivity contribution in [2.45, 2.75) is 25.5 Å². The summed E-state index contributed by atoms with van der Waals surface area (Å²) in [6.45, 7) is 5.71. The molecule has 0 aliphatic heterocycles. The van der Waals surface area contributed by atoms with Gasteiger partial charge in [0.25, 0.3) is 0 Å². The first-order chi connectivity index (χ1) is 7.00. The van der Waals surface area contributed by atoms with Crippen molar-refractivity contribution in [3.05, 3.63) is 35.4 Å². The van der Waals surface area contributed by atoms with Crippen LogP contribution in [0.15, 0.2) is 24.3 Å². The van der Waals surface area contributed by atoms with E-state index >= 15 is 0 Å². The fraction of sp³-hybridized carbons (Fsp3) is 0.417. The Morgan fingerprint density at radius 2 is 2.20 bits per heavy atom. The number of hydrogen-bond acceptors (Lipinski definition) is 2. The third-order valence-electron chi connectivity index (χ3n) is 2.41. The average Bonchev–Trinajstić information content (AvgIpc) is 2.17. The van der Waals surface area contributed by atoms with Gasteiger partial charge in [0.1, 0.15) is 4.75 Å². The summed E-state index contributed by atoms with van der Waals surface area (Å²) in [7, 11) is 0. The fourth-order valence-electron chi connectivity index (χ4n) is 1.50. The van der Waals surface area contributed by atoms with E-state index < -0.39 is 10.7 Å². The molecule has 0 aliphatic carbocycles. The predicted octanol–water partition coefficient (Wildman–Crippen LogP) is 3.05. The Balaban J connectivity index is 3.15. The van der Waals surface area contributed by atoms with Crippen LogP contribution in [0.1, 0.15) is 25.0 Å². The number of carboxylic acid groups (broad SMARTS) is 1. The number of rotatable bonds is 4. The summed E-state index contributed by atoms with van der Waals surface area (Å²) >= 11 is 1.45. The average molecular weight is 224 g/mol. The molecule has 1 aromatic rings. The van der Waals surface area contributed by atoms with E-state index in [9.17, 15) is 9.90 Å². The molecule has 1 rings (SSSR count). The Morgan fingerprint density at radius 1 is 1.53 bits per heavy atom. The molecule has 0 fully saturated rings. The zero-order chi connectivity index (χ0) is 11.5. The topological polar surface area (TPSA) is 37.3 Å². The zero-order valence-corrected chi connectivity index (χ0v) is 10.1. The van der Waals surface area contributed by atoms with Gasteiger partial charge in [-0.1, -0.05) is 36.8 Å². The first kappa shape index (κ1) is 12.1. The summed E-state index contributed by atoms with van der Waals surface area (Å²) in [5, 5.41) is 9.29. The number of carbonyl (C=O) groups is 1. The Morgan fingerprint density at radius 3 is 2.67 bits per heavy atom. The van der Waals surface area contributed by atoms with Crippen LogP contribution in [-0.4, -0.2) is 16.8 Å². The van der Waals surface area contributed by atoms with Gasteiger partial charge < -0.3 is 5.11 Å².